The van der Waals surface area contributed by atoms with Crippen LogP contribution in [0, 0.1) is 61.6 Å². The molecule has 0 saturated carbocycles. The molecular weight excluding hydrogens is 1170 g/mol. The molecule has 1 aromatic rings. The van der Waals surface area contributed by atoms with Crippen molar-refractivity contribution in [2.24, 2.45) is 49.2 Å². The number of fused-ring (bicyclic) bond motifs is 1. The summed E-state index contributed by atoms with van der Waals surface area (Å²) < 4.78 is 16.8. The summed E-state index contributed by atoms with van der Waals surface area (Å²) in [6.45, 7) is 67.2. The van der Waals surface area contributed by atoms with Crippen LogP contribution in [0.25, 0.3) is 0 Å². The first-order chi connectivity index (χ1) is 41.0. The van der Waals surface area contributed by atoms with Crippen molar-refractivity contribution in [2.45, 2.75) is 323 Å². The molecule has 2 heterocycles. The number of aliphatic hydroxyl groups is 3. The standard InChI is InChI=1S/C13H18O4.C13H24O3.C10H17NO.C9H19NO.C9H17NO.C7H17NO.C7H16O.C7H16.2CH4/c1-13(2,3)12-10(16)6-8-9(15)4-7(14)5-11(8)17-12;1-6-11-9(2)7-10(8-15-11)16-12(14)13(3,4)5;1-5-6-9(12)11-8-7-10(2,3)4;2*1-5-8(11)10-7-6-9(2,3)4;1-7(2,3)6(9)5-8-4;1-5-6(8)7(2,3)4;1-5-6-7(2,3)4;;/h4-5,10,12,14-16H,6H2,1-3H3;9-11H,6-8H2,1-5H3;1H,6-8H2,2-4H3,(H,11,12);5-7H2,1-4H3,(H,10,11);5H,1,6-7H2,2-4H3,(H,10,11);6,8-9H,5H2,1-4H3;6,8H,5H2,1-4H3;5-6H2,1-4H3;2*1H4/t;9-,10?,11+;;;;;;;;/m.0......../s1. The number of phenolic OH excluding ortho intramolecular Hbond substituents is 2. The Bertz CT molecular complexity index is 2170. The van der Waals surface area contributed by atoms with Crippen molar-refractivity contribution in [3.05, 3.63) is 30.4 Å². The summed E-state index contributed by atoms with van der Waals surface area (Å²) in [5, 5.41) is 58.9. The van der Waals surface area contributed by atoms with E-state index < -0.39 is 11.5 Å². The van der Waals surface area contributed by atoms with Gasteiger partial charge in [0.05, 0.1) is 42.9 Å². The van der Waals surface area contributed by atoms with E-state index in [-0.39, 0.29) is 108 Å². The SMILES string of the molecule is C.C.C#CCC(=O)NCCC(C)(C)C.C=CC(=O)NCCC(C)(C)C.CC(C)(C)C1Oc2cc(O)cc(O)c2CC1O.CCC(=O)NCCC(C)(C)C.CCC(O)C(C)(C)C.CCCC(C)(C)C.CC[C@H]1OCC(OC(=O)C(C)(C)C)C[C@@H]1C.CNCC(O)C(C)(C)C. The van der Waals surface area contributed by atoms with Crippen LogP contribution in [-0.2, 0) is 35.1 Å². The monoisotopic (exact) mass is 1330 g/mol. The minimum atomic E-state index is -0.655. The van der Waals surface area contributed by atoms with Crippen LogP contribution in [0.1, 0.15) is 285 Å². The van der Waals surface area contributed by atoms with E-state index in [1.54, 1.807) is 0 Å². The van der Waals surface area contributed by atoms with E-state index in [2.05, 4.69) is 138 Å². The van der Waals surface area contributed by atoms with Gasteiger partial charge in [-0.2, -0.15) is 0 Å². The number of rotatable bonds is 15. The molecule has 0 aliphatic carbocycles. The van der Waals surface area contributed by atoms with Crippen LogP contribution in [0.3, 0.4) is 0 Å². The maximum Gasteiger partial charge on any atom is 0.311 e. The number of hydrogen-bond donors (Lipinski definition) is 9. The lowest BCUT2D eigenvalue weighted by molar-refractivity contribution is -0.171. The number of likely N-dealkylation sites (N-methyl/N-ethyl adjacent to an activating group) is 1. The largest absolute Gasteiger partial charge is 0.508 e. The predicted molar refractivity (Wildman–Crippen MR) is 395 cm³/mol. The molecule has 3 rings (SSSR count). The van der Waals surface area contributed by atoms with Crippen molar-refractivity contribution in [1.29, 1.82) is 0 Å². The first kappa shape index (κ1) is 102. The number of aromatic hydroxyl groups is 2. The van der Waals surface area contributed by atoms with E-state index in [9.17, 15) is 44.7 Å². The normalized spacial score (nSPS) is 17.5. The number of carbonyl (C=O) groups is 4. The average Bonchev–Trinajstić information content (AvgIpc) is 0.787. The molecule has 2 aliphatic rings. The molecule has 1 saturated heterocycles. The highest BCUT2D eigenvalue weighted by Gasteiger charge is 2.39. The summed E-state index contributed by atoms with van der Waals surface area (Å²) in [5.41, 5.74) is 1.41. The van der Waals surface area contributed by atoms with Crippen LogP contribution >= 0.6 is 0 Å². The van der Waals surface area contributed by atoms with Gasteiger partial charge in [0.1, 0.15) is 29.5 Å². The lowest BCUT2D eigenvalue weighted by atomic mass is 9.82. The zero-order valence-corrected chi connectivity index (χ0v) is 64.0. The fourth-order valence-corrected chi connectivity index (χ4v) is 8.10. The molecule has 93 heavy (non-hydrogen) atoms. The van der Waals surface area contributed by atoms with Crippen LogP contribution in [0.15, 0.2) is 24.8 Å². The van der Waals surface area contributed by atoms with E-state index in [1.165, 1.54) is 31.1 Å². The van der Waals surface area contributed by atoms with Gasteiger partial charge in [0.25, 0.3) is 0 Å². The Hall–Kier alpha value is -4.40. The third-order valence-corrected chi connectivity index (χ3v) is 14.2. The molecule has 16 nitrogen and oxygen atoms in total. The number of hydrogen-bond acceptors (Lipinski definition) is 13. The number of phenols is 2. The maximum absolute atomic E-state index is 11.7. The molecule has 1 fully saturated rings. The van der Waals surface area contributed by atoms with E-state index in [0.29, 0.717) is 66.7 Å². The molecule has 2 aliphatic heterocycles. The van der Waals surface area contributed by atoms with Crippen molar-refractivity contribution < 1.29 is 58.9 Å². The van der Waals surface area contributed by atoms with E-state index in [0.717, 1.165) is 51.6 Å². The second-order valence-corrected chi connectivity index (χ2v) is 33.3. The Morgan fingerprint density at radius 1 is 0.699 bits per heavy atom. The van der Waals surface area contributed by atoms with Crippen molar-refractivity contribution in [3.8, 4) is 29.6 Å². The summed E-state index contributed by atoms with van der Waals surface area (Å²) in [6.07, 6.45) is 14.7. The number of ether oxygens (including phenoxy) is 3. The first-order valence-corrected chi connectivity index (χ1v) is 33.6. The van der Waals surface area contributed by atoms with Crippen LogP contribution in [0.5, 0.6) is 17.2 Å². The summed E-state index contributed by atoms with van der Waals surface area (Å²) >= 11 is 0. The molecule has 0 bridgehead atoms. The molecule has 0 spiro atoms. The van der Waals surface area contributed by atoms with Crippen molar-refractivity contribution in [1.82, 2.24) is 21.3 Å². The molecule has 7 atom stereocenters. The summed E-state index contributed by atoms with van der Waals surface area (Å²) in [5.74, 6) is 3.02. The van der Waals surface area contributed by atoms with Gasteiger partial charge in [-0.25, -0.2) is 0 Å². The van der Waals surface area contributed by atoms with Gasteiger partial charge in [-0.3, -0.25) is 19.2 Å². The van der Waals surface area contributed by atoms with Gasteiger partial charge in [-0.1, -0.05) is 214 Å². The third-order valence-electron chi connectivity index (χ3n) is 14.2. The zero-order valence-electron chi connectivity index (χ0n) is 64.0. The van der Waals surface area contributed by atoms with Crippen molar-refractivity contribution >= 4 is 23.7 Å². The maximum atomic E-state index is 11.7. The predicted octanol–water partition coefficient (Wildman–Crippen LogP) is 16.3. The fraction of sp³-hybridized carbons (Fsp3) is 0.818. The summed E-state index contributed by atoms with van der Waals surface area (Å²) in [6, 6.07) is 2.73. The number of carbonyl (C=O) groups excluding carboxylic acids is 4. The molecular formula is C77H152N4O12. The third kappa shape index (κ3) is 59.8. The van der Waals surface area contributed by atoms with Crippen LogP contribution in [0.4, 0.5) is 0 Å². The van der Waals surface area contributed by atoms with Gasteiger partial charge >= 0.3 is 5.97 Å². The summed E-state index contributed by atoms with van der Waals surface area (Å²) in [7, 11) is 1.84. The lowest BCUT2D eigenvalue weighted by Crippen LogP contribution is -2.46. The Balaban J connectivity index is -0.000000184. The van der Waals surface area contributed by atoms with Crippen LogP contribution < -0.4 is 26.0 Å². The molecule has 0 aromatic heterocycles. The highest BCUT2D eigenvalue weighted by Crippen LogP contribution is 2.41. The zero-order chi connectivity index (χ0) is 72.8. The van der Waals surface area contributed by atoms with E-state index >= 15 is 0 Å². The minimum Gasteiger partial charge on any atom is -0.508 e. The second-order valence-electron chi connectivity index (χ2n) is 33.3. The fourth-order valence-electron chi connectivity index (χ4n) is 8.10. The lowest BCUT2D eigenvalue weighted by Gasteiger charge is -2.38. The molecule has 16 heteroatoms. The van der Waals surface area contributed by atoms with Crippen LogP contribution in [0.2, 0.25) is 0 Å². The number of esters is 1. The van der Waals surface area contributed by atoms with E-state index in [1.807, 2.05) is 104 Å². The van der Waals surface area contributed by atoms with Gasteiger partial charge in [0, 0.05) is 62.1 Å². The molecule has 9 N–H and O–H groups in total. The average molecular weight is 1330 g/mol. The number of nitrogens with one attached hydrogen (secondary N) is 4. The van der Waals surface area contributed by atoms with Gasteiger partial charge in [-0.05, 0) is 117 Å². The van der Waals surface area contributed by atoms with Crippen molar-refractivity contribution in [2.75, 3.05) is 39.8 Å². The number of aliphatic hydroxyl groups excluding tert-OH is 3. The molecule has 0 radical (unpaired) electrons. The Morgan fingerprint density at radius 3 is 1.44 bits per heavy atom. The molecule has 552 valence electrons. The minimum absolute atomic E-state index is 0. The van der Waals surface area contributed by atoms with E-state index in [4.69, 9.17) is 20.6 Å². The van der Waals surface area contributed by atoms with Crippen LogP contribution in [-0.4, -0.2) is 126 Å². The topological polar surface area (TPSA) is 245 Å². The smallest absolute Gasteiger partial charge is 0.311 e. The first-order valence-electron chi connectivity index (χ1n) is 33.6. The number of amides is 3. The Labute approximate surface area is 573 Å². The molecule has 5 unspecified atom stereocenters. The Kier molecular flexibility index (Phi) is 54.0. The highest BCUT2D eigenvalue weighted by molar-refractivity contribution is 5.86. The molecule has 3 amide bonds. The highest BCUT2D eigenvalue weighted by atomic mass is 16.6. The quantitative estimate of drug-likeness (QED) is 0.0451. The van der Waals surface area contributed by atoms with Gasteiger partial charge in [0.2, 0.25) is 17.7 Å². The van der Waals surface area contributed by atoms with Gasteiger partial charge in [0.15, 0.2) is 0 Å². The number of benzene rings is 1. The molecule has 1 aromatic carbocycles. The number of terminal acetylenes is 1. The van der Waals surface area contributed by atoms with Crippen molar-refractivity contribution in [3.63, 3.8) is 0 Å². The second kappa shape index (κ2) is 49.2. The Morgan fingerprint density at radius 2 is 1.14 bits per heavy atom. The van der Waals surface area contributed by atoms with Gasteiger partial charge < -0.3 is 61.0 Å². The van der Waals surface area contributed by atoms with Gasteiger partial charge in [-0.15, -0.1) is 6.42 Å². The summed E-state index contributed by atoms with van der Waals surface area (Å²) in [4.78, 5) is 44.0.